The summed E-state index contributed by atoms with van der Waals surface area (Å²) < 4.78 is 0. The van der Waals surface area contributed by atoms with Gasteiger partial charge in [-0.05, 0) is 23.6 Å². The molecule has 18 heavy (non-hydrogen) atoms. The predicted molar refractivity (Wildman–Crippen MR) is 73.5 cm³/mol. The Balaban J connectivity index is 2.28. The molecule has 2 aromatic rings. The van der Waals surface area contributed by atoms with Gasteiger partial charge in [0.1, 0.15) is 0 Å². The van der Waals surface area contributed by atoms with Gasteiger partial charge in [-0.3, -0.25) is 4.79 Å². The summed E-state index contributed by atoms with van der Waals surface area (Å²) in [6.45, 7) is 0. The van der Waals surface area contributed by atoms with Gasteiger partial charge in [0.15, 0.2) is 0 Å². The van der Waals surface area contributed by atoms with E-state index in [1.165, 1.54) is 0 Å². The first kappa shape index (κ1) is 12.7. The third kappa shape index (κ3) is 2.90. The average molecular weight is 260 g/mol. The van der Waals surface area contributed by atoms with Crippen LogP contribution in [0, 0.1) is 0 Å². The molecule has 1 atom stereocenters. The number of benzene rings is 2. The van der Waals surface area contributed by atoms with Crippen molar-refractivity contribution >= 4 is 17.5 Å². The van der Waals surface area contributed by atoms with E-state index in [2.05, 4.69) is 0 Å². The van der Waals surface area contributed by atoms with Gasteiger partial charge in [-0.25, -0.2) is 0 Å². The molecule has 2 aromatic carbocycles. The monoisotopic (exact) mass is 259 g/mol. The molecule has 3 heteroatoms. The molecule has 0 aliphatic carbocycles. The van der Waals surface area contributed by atoms with Crippen molar-refractivity contribution in [1.29, 1.82) is 0 Å². The maximum absolute atomic E-state index is 11.6. The number of carbonyl (C=O) groups is 1. The van der Waals surface area contributed by atoms with E-state index in [9.17, 15) is 4.79 Å². The standard InChI is InChI=1S/C15H14ClNO/c16-14-9-5-4-8-12(14)10-13(15(17)18)11-6-2-1-3-7-11/h1-9,13H,10H2,(H2,17,18)/t13-/m1/s1. The van der Waals surface area contributed by atoms with Crippen LogP contribution in [0.25, 0.3) is 0 Å². The molecule has 92 valence electrons. The lowest BCUT2D eigenvalue weighted by Gasteiger charge is -2.14. The summed E-state index contributed by atoms with van der Waals surface area (Å²) in [4.78, 5) is 11.6. The molecule has 0 heterocycles. The second-order valence-corrected chi connectivity index (χ2v) is 4.57. The third-order valence-electron chi connectivity index (χ3n) is 2.93. The Bertz CT molecular complexity index is 539. The topological polar surface area (TPSA) is 43.1 Å². The Hall–Kier alpha value is -1.80. The summed E-state index contributed by atoms with van der Waals surface area (Å²) in [5, 5.41) is 0.666. The maximum Gasteiger partial charge on any atom is 0.225 e. The zero-order valence-corrected chi connectivity index (χ0v) is 10.6. The van der Waals surface area contributed by atoms with Crippen LogP contribution < -0.4 is 5.73 Å². The molecule has 1 amide bonds. The Morgan fingerprint density at radius 1 is 1.06 bits per heavy atom. The molecular formula is C15H14ClNO. The Morgan fingerprint density at radius 3 is 2.28 bits per heavy atom. The SMILES string of the molecule is NC(=O)[C@H](Cc1ccccc1Cl)c1ccccc1. The average Bonchev–Trinajstić information content (AvgIpc) is 2.38. The lowest BCUT2D eigenvalue weighted by Crippen LogP contribution is -2.23. The second kappa shape index (κ2) is 5.69. The van der Waals surface area contributed by atoms with Crippen LogP contribution in [0.15, 0.2) is 54.6 Å². The molecule has 0 spiro atoms. The first-order chi connectivity index (χ1) is 8.68. The number of amides is 1. The van der Waals surface area contributed by atoms with E-state index >= 15 is 0 Å². The van der Waals surface area contributed by atoms with Gasteiger partial charge in [-0.2, -0.15) is 0 Å². The van der Waals surface area contributed by atoms with Gasteiger partial charge in [0, 0.05) is 5.02 Å². The van der Waals surface area contributed by atoms with Crippen molar-refractivity contribution in [3.8, 4) is 0 Å². The largest absolute Gasteiger partial charge is 0.369 e. The maximum atomic E-state index is 11.6. The van der Waals surface area contributed by atoms with Crippen molar-refractivity contribution < 1.29 is 4.79 Å². The van der Waals surface area contributed by atoms with E-state index in [0.717, 1.165) is 11.1 Å². The number of rotatable bonds is 4. The molecule has 0 fully saturated rings. The first-order valence-electron chi connectivity index (χ1n) is 5.76. The van der Waals surface area contributed by atoms with Crippen molar-refractivity contribution in [3.05, 3.63) is 70.7 Å². The molecule has 2 rings (SSSR count). The summed E-state index contributed by atoms with van der Waals surface area (Å²) in [6.07, 6.45) is 0.527. The van der Waals surface area contributed by atoms with Gasteiger partial charge in [0.2, 0.25) is 5.91 Å². The van der Waals surface area contributed by atoms with Crippen LogP contribution in [-0.4, -0.2) is 5.91 Å². The number of nitrogens with two attached hydrogens (primary N) is 1. The molecule has 0 saturated heterocycles. The number of hydrogen-bond acceptors (Lipinski definition) is 1. The van der Waals surface area contributed by atoms with Gasteiger partial charge in [-0.15, -0.1) is 0 Å². The van der Waals surface area contributed by atoms with E-state index in [1.807, 2.05) is 54.6 Å². The molecule has 0 aromatic heterocycles. The number of hydrogen-bond donors (Lipinski definition) is 1. The Kier molecular flexibility index (Phi) is 4.00. The highest BCUT2D eigenvalue weighted by Crippen LogP contribution is 2.24. The van der Waals surface area contributed by atoms with Crippen molar-refractivity contribution in [1.82, 2.24) is 0 Å². The van der Waals surface area contributed by atoms with Crippen molar-refractivity contribution in [2.24, 2.45) is 5.73 Å². The fraction of sp³-hybridized carbons (Fsp3) is 0.133. The lowest BCUT2D eigenvalue weighted by atomic mass is 9.91. The molecule has 0 bridgehead atoms. The third-order valence-corrected chi connectivity index (χ3v) is 3.30. The lowest BCUT2D eigenvalue weighted by molar-refractivity contribution is -0.119. The van der Waals surface area contributed by atoms with Gasteiger partial charge in [0.25, 0.3) is 0 Å². The van der Waals surface area contributed by atoms with Crippen LogP contribution in [0.5, 0.6) is 0 Å². The minimum Gasteiger partial charge on any atom is -0.369 e. The van der Waals surface area contributed by atoms with Crippen molar-refractivity contribution in [2.45, 2.75) is 12.3 Å². The zero-order chi connectivity index (χ0) is 13.0. The first-order valence-corrected chi connectivity index (χ1v) is 6.14. The van der Waals surface area contributed by atoms with E-state index < -0.39 is 0 Å². The summed E-state index contributed by atoms with van der Waals surface area (Å²) >= 11 is 6.11. The van der Waals surface area contributed by atoms with Crippen LogP contribution in [0.3, 0.4) is 0 Å². The number of carbonyl (C=O) groups excluding carboxylic acids is 1. The summed E-state index contributed by atoms with van der Waals surface area (Å²) in [5.41, 5.74) is 7.34. The van der Waals surface area contributed by atoms with Crippen LogP contribution in [0.1, 0.15) is 17.0 Å². The second-order valence-electron chi connectivity index (χ2n) is 4.16. The number of primary amides is 1. The smallest absolute Gasteiger partial charge is 0.225 e. The highest BCUT2D eigenvalue weighted by atomic mass is 35.5. The Labute approximate surface area is 111 Å². The van der Waals surface area contributed by atoms with E-state index in [4.69, 9.17) is 17.3 Å². The molecule has 2 nitrogen and oxygen atoms in total. The quantitative estimate of drug-likeness (QED) is 0.901. The van der Waals surface area contributed by atoms with Gasteiger partial charge >= 0.3 is 0 Å². The van der Waals surface area contributed by atoms with E-state index in [0.29, 0.717) is 11.4 Å². The van der Waals surface area contributed by atoms with Gasteiger partial charge in [0.05, 0.1) is 5.92 Å². The van der Waals surface area contributed by atoms with Gasteiger partial charge in [-0.1, -0.05) is 60.1 Å². The normalized spacial score (nSPS) is 12.1. The van der Waals surface area contributed by atoms with Crippen LogP contribution in [-0.2, 0) is 11.2 Å². The molecule has 0 radical (unpaired) electrons. The fourth-order valence-electron chi connectivity index (χ4n) is 1.95. The number of halogens is 1. The Morgan fingerprint density at radius 2 is 1.67 bits per heavy atom. The molecular weight excluding hydrogens is 246 g/mol. The fourth-order valence-corrected chi connectivity index (χ4v) is 2.16. The minimum atomic E-state index is -0.342. The van der Waals surface area contributed by atoms with Crippen LogP contribution in [0.4, 0.5) is 0 Å². The van der Waals surface area contributed by atoms with E-state index in [1.54, 1.807) is 0 Å². The van der Waals surface area contributed by atoms with Crippen molar-refractivity contribution in [2.75, 3.05) is 0 Å². The highest BCUT2D eigenvalue weighted by Gasteiger charge is 2.19. The zero-order valence-electron chi connectivity index (χ0n) is 9.84. The molecule has 2 N–H and O–H groups in total. The minimum absolute atomic E-state index is 0.332. The molecule has 0 aliphatic heterocycles. The summed E-state index contributed by atoms with van der Waals surface area (Å²) in [6, 6.07) is 17.0. The van der Waals surface area contributed by atoms with E-state index in [-0.39, 0.29) is 11.8 Å². The molecule has 0 unspecified atom stereocenters. The van der Waals surface area contributed by atoms with Crippen LogP contribution in [0.2, 0.25) is 5.02 Å². The summed E-state index contributed by atoms with van der Waals surface area (Å²) in [5.74, 6) is -0.674. The van der Waals surface area contributed by atoms with Crippen molar-refractivity contribution in [3.63, 3.8) is 0 Å². The van der Waals surface area contributed by atoms with Gasteiger partial charge < -0.3 is 5.73 Å². The highest BCUT2D eigenvalue weighted by molar-refractivity contribution is 6.31. The molecule has 0 saturated carbocycles. The predicted octanol–water partition coefficient (Wildman–Crippen LogP) is 3.15. The summed E-state index contributed by atoms with van der Waals surface area (Å²) in [7, 11) is 0. The van der Waals surface area contributed by atoms with Crippen LogP contribution >= 0.6 is 11.6 Å². The molecule has 0 aliphatic rings.